The Hall–Kier alpha value is -1.84. The minimum atomic E-state index is 0.755. The van der Waals surface area contributed by atoms with Gasteiger partial charge in [0, 0.05) is 25.5 Å². The van der Waals surface area contributed by atoms with Crippen molar-refractivity contribution < 1.29 is 14.8 Å². The number of para-hydroxylation sites is 1. The summed E-state index contributed by atoms with van der Waals surface area (Å²) in [5.74, 6) is 0.966. The Morgan fingerprint density at radius 1 is 0.818 bits per heavy atom. The zero-order valence-corrected chi connectivity index (χ0v) is 13.3. The normalized spacial score (nSPS) is 10.6. The number of ether oxygens (including phenoxy) is 2. The van der Waals surface area contributed by atoms with E-state index in [-0.39, 0.29) is 0 Å². The van der Waals surface area contributed by atoms with E-state index in [0.717, 1.165) is 50.5 Å². The van der Waals surface area contributed by atoms with E-state index in [0.29, 0.717) is 0 Å². The summed E-state index contributed by atoms with van der Waals surface area (Å²) in [7, 11) is 1.75. The average molecular weight is 300 g/mol. The Balaban J connectivity index is 1.77. The van der Waals surface area contributed by atoms with Gasteiger partial charge in [0.15, 0.2) is 0 Å². The summed E-state index contributed by atoms with van der Waals surface area (Å²) in [5, 5.41) is 2.32. The molecule has 2 aromatic carbocycles. The highest BCUT2D eigenvalue weighted by molar-refractivity contribution is 5.70. The molecule has 0 aliphatic carbocycles. The molecule has 0 aliphatic heterocycles. The molecule has 0 fully saturated rings. The van der Waals surface area contributed by atoms with Crippen LogP contribution in [0.3, 0.4) is 0 Å². The van der Waals surface area contributed by atoms with E-state index < -0.39 is 0 Å². The molecule has 118 valence electrons. The first-order chi connectivity index (χ1) is 10.9. The van der Waals surface area contributed by atoms with Crippen molar-refractivity contribution in [1.82, 2.24) is 0 Å². The molecule has 0 saturated heterocycles. The predicted molar refractivity (Wildman–Crippen MR) is 90.1 cm³/mol. The van der Waals surface area contributed by atoms with Gasteiger partial charge in [-0.25, -0.2) is 0 Å². The molecule has 3 nitrogen and oxygen atoms in total. The largest absolute Gasteiger partial charge is 0.493 e. The van der Waals surface area contributed by atoms with Crippen molar-refractivity contribution in [2.24, 2.45) is 0 Å². The second-order valence-corrected chi connectivity index (χ2v) is 5.28. The molecule has 0 heterocycles. The first kappa shape index (κ1) is 16.5. The molecular weight excluding hydrogens is 274 g/mol. The summed E-state index contributed by atoms with van der Waals surface area (Å²) in [5.41, 5.74) is 2.36. The second kappa shape index (κ2) is 9.98. The van der Waals surface area contributed by atoms with Crippen molar-refractivity contribution in [3.8, 4) is 16.9 Å². The topological polar surface area (TPSA) is 35.1 Å². The molecule has 0 aliphatic rings. The predicted octanol–water partition coefficient (Wildman–Crippen LogP) is 2.72. The molecular formula is C19H26NO2+. The first-order valence-electron chi connectivity index (χ1n) is 7.99. The van der Waals surface area contributed by atoms with Crippen molar-refractivity contribution in [2.45, 2.75) is 12.8 Å². The van der Waals surface area contributed by atoms with Crippen molar-refractivity contribution in [3.05, 3.63) is 54.6 Å². The summed E-state index contributed by atoms with van der Waals surface area (Å²) in [6.45, 7) is 3.81. The fourth-order valence-corrected chi connectivity index (χ4v) is 2.37. The summed E-state index contributed by atoms with van der Waals surface area (Å²) < 4.78 is 11.0. The number of methoxy groups -OCH3 is 1. The van der Waals surface area contributed by atoms with Crippen LogP contribution < -0.4 is 10.1 Å². The molecule has 0 atom stereocenters. The third-order valence-electron chi connectivity index (χ3n) is 3.54. The SMILES string of the molecule is COCCC[NH2+]CCCOc1ccccc1-c1ccccc1. The number of nitrogens with two attached hydrogens (primary N) is 1. The number of hydrogen-bond acceptors (Lipinski definition) is 2. The van der Waals surface area contributed by atoms with Gasteiger partial charge in [0.2, 0.25) is 0 Å². The van der Waals surface area contributed by atoms with Crippen LogP contribution in [0.2, 0.25) is 0 Å². The van der Waals surface area contributed by atoms with Gasteiger partial charge in [0.05, 0.1) is 26.3 Å². The first-order valence-corrected chi connectivity index (χ1v) is 7.99. The second-order valence-electron chi connectivity index (χ2n) is 5.28. The van der Waals surface area contributed by atoms with Crippen molar-refractivity contribution in [1.29, 1.82) is 0 Å². The third-order valence-corrected chi connectivity index (χ3v) is 3.54. The zero-order chi connectivity index (χ0) is 15.5. The molecule has 0 amide bonds. The lowest BCUT2D eigenvalue weighted by molar-refractivity contribution is -0.655. The van der Waals surface area contributed by atoms with Crippen LogP contribution in [-0.4, -0.2) is 33.4 Å². The number of benzene rings is 2. The van der Waals surface area contributed by atoms with Gasteiger partial charge in [-0.15, -0.1) is 0 Å². The molecule has 2 N–H and O–H groups in total. The van der Waals surface area contributed by atoms with Gasteiger partial charge in [0.1, 0.15) is 5.75 Å². The highest BCUT2D eigenvalue weighted by Gasteiger charge is 2.05. The Labute approximate surface area is 133 Å². The van der Waals surface area contributed by atoms with Gasteiger partial charge in [-0.2, -0.15) is 0 Å². The van der Waals surface area contributed by atoms with Crippen LogP contribution in [-0.2, 0) is 4.74 Å². The van der Waals surface area contributed by atoms with Gasteiger partial charge >= 0.3 is 0 Å². The third kappa shape index (κ3) is 5.51. The van der Waals surface area contributed by atoms with Gasteiger partial charge in [-0.3, -0.25) is 0 Å². The van der Waals surface area contributed by atoms with Crippen LogP contribution in [0, 0.1) is 0 Å². The lowest BCUT2D eigenvalue weighted by atomic mass is 10.1. The van der Waals surface area contributed by atoms with Crippen LogP contribution in [0.15, 0.2) is 54.6 Å². The molecule has 2 aromatic rings. The highest BCUT2D eigenvalue weighted by Crippen LogP contribution is 2.29. The van der Waals surface area contributed by atoms with Crippen LogP contribution in [0.5, 0.6) is 5.75 Å². The Bertz CT molecular complexity index is 528. The standard InChI is InChI=1S/C19H25NO2/c1-21-15-7-13-20-14-8-16-22-19-12-6-5-11-18(19)17-9-3-2-4-10-17/h2-6,9-12,20H,7-8,13-16H2,1H3/p+1. The molecule has 0 aromatic heterocycles. The molecule has 0 bridgehead atoms. The maximum absolute atomic E-state index is 5.97. The Morgan fingerprint density at radius 3 is 2.27 bits per heavy atom. The monoisotopic (exact) mass is 300 g/mol. The molecule has 0 spiro atoms. The van der Waals surface area contributed by atoms with Gasteiger partial charge in [-0.05, 0) is 11.6 Å². The number of hydrogen-bond donors (Lipinski definition) is 1. The van der Waals surface area contributed by atoms with Crippen LogP contribution in [0.25, 0.3) is 11.1 Å². The van der Waals surface area contributed by atoms with E-state index >= 15 is 0 Å². The van der Waals surface area contributed by atoms with Crippen molar-refractivity contribution in [2.75, 3.05) is 33.4 Å². The van der Waals surface area contributed by atoms with E-state index in [2.05, 4.69) is 41.7 Å². The highest BCUT2D eigenvalue weighted by atomic mass is 16.5. The molecule has 22 heavy (non-hydrogen) atoms. The maximum Gasteiger partial charge on any atom is 0.127 e. The van der Waals surface area contributed by atoms with Crippen LogP contribution >= 0.6 is 0 Å². The Morgan fingerprint density at radius 2 is 1.50 bits per heavy atom. The molecule has 2 rings (SSSR count). The van der Waals surface area contributed by atoms with E-state index in [1.54, 1.807) is 7.11 Å². The quantitative estimate of drug-likeness (QED) is 0.685. The van der Waals surface area contributed by atoms with E-state index in [9.17, 15) is 0 Å². The number of rotatable bonds is 10. The minimum absolute atomic E-state index is 0.755. The zero-order valence-electron chi connectivity index (χ0n) is 13.3. The van der Waals surface area contributed by atoms with Crippen LogP contribution in [0.1, 0.15) is 12.8 Å². The minimum Gasteiger partial charge on any atom is -0.493 e. The van der Waals surface area contributed by atoms with Gasteiger partial charge < -0.3 is 14.8 Å². The van der Waals surface area contributed by atoms with Crippen molar-refractivity contribution >= 4 is 0 Å². The molecule has 3 heteroatoms. The summed E-state index contributed by atoms with van der Waals surface area (Å²) in [6, 6.07) is 18.6. The lowest BCUT2D eigenvalue weighted by Crippen LogP contribution is -2.84. The summed E-state index contributed by atoms with van der Waals surface area (Å²) >= 11 is 0. The average Bonchev–Trinajstić information content (AvgIpc) is 2.58. The fourth-order valence-electron chi connectivity index (χ4n) is 2.37. The molecule has 0 radical (unpaired) electrons. The fraction of sp³-hybridized carbons (Fsp3) is 0.368. The molecule has 0 unspecified atom stereocenters. The Kier molecular flexibility index (Phi) is 7.50. The summed E-state index contributed by atoms with van der Waals surface area (Å²) in [6.07, 6.45) is 2.16. The van der Waals surface area contributed by atoms with Crippen LogP contribution in [0.4, 0.5) is 0 Å². The van der Waals surface area contributed by atoms with Gasteiger partial charge in [-0.1, -0.05) is 48.5 Å². The summed E-state index contributed by atoms with van der Waals surface area (Å²) in [4.78, 5) is 0. The van der Waals surface area contributed by atoms with Gasteiger partial charge in [0.25, 0.3) is 0 Å². The maximum atomic E-state index is 5.97. The van der Waals surface area contributed by atoms with Crippen molar-refractivity contribution in [3.63, 3.8) is 0 Å². The lowest BCUT2D eigenvalue weighted by Gasteiger charge is -2.11. The van der Waals surface area contributed by atoms with E-state index in [1.807, 2.05) is 18.2 Å². The smallest absolute Gasteiger partial charge is 0.127 e. The van der Waals surface area contributed by atoms with E-state index in [1.165, 1.54) is 5.56 Å². The number of quaternary nitrogens is 1. The molecule has 0 saturated carbocycles. The van der Waals surface area contributed by atoms with E-state index in [4.69, 9.17) is 9.47 Å².